The number of nitrogens with two attached hydrogens (primary N) is 1. The lowest BCUT2D eigenvalue weighted by molar-refractivity contribution is 0.275. The summed E-state index contributed by atoms with van der Waals surface area (Å²) in [6, 6.07) is 0.0625. The fraction of sp³-hybridized carbons (Fsp3) is 0.526. The number of aryl methyl sites for hydroxylation is 1. The minimum absolute atomic E-state index is 0. The van der Waals surface area contributed by atoms with Crippen LogP contribution in [0.25, 0.3) is 0 Å². The van der Waals surface area contributed by atoms with Gasteiger partial charge in [0.1, 0.15) is 6.61 Å². The van der Waals surface area contributed by atoms with Gasteiger partial charge in [0, 0.05) is 30.0 Å². The highest BCUT2D eigenvalue weighted by molar-refractivity contribution is 7.59. The summed E-state index contributed by atoms with van der Waals surface area (Å²) in [5.41, 5.74) is 7.72. The van der Waals surface area contributed by atoms with E-state index in [2.05, 4.69) is 27.2 Å². The molecule has 0 spiro atoms. The van der Waals surface area contributed by atoms with Crippen LogP contribution in [0.2, 0.25) is 0 Å². The third kappa shape index (κ3) is 6.42. The molecule has 0 aliphatic rings. The van der Waals surface area contributed by atoms with Gasteiger partial charge in [-0.2, -0.15) is 18.5 Å². The van der Waals surface area contributed by atoms with E-state index in [1.807, 2.05) is 0 Å². The van der Waals surface area contributed by atoms with Crippen molar-refractivity contribution in [2.45, 2.75) is 59.1 Å². The summed E-state index contributed by atoms with van der Waals surface area (Å²) in [5.74, 6) is 1.08. The molecule has 0 amide bonds. The molecule has 28 heavy (non-hydrogen) atoms. The van der Waals surface area contributed by atoms with Gasteiger partial charge in [0.15, 0.2) is 17.0 Å². The fourth-order valence-electron chi connectivity index (χ4n) is 2.78. The number of H-pyrrole nitrogens is 1. The second-order valence-corrected chi connectivity index (χ2v) is 6.63. The number of hydrogen-bond donors (Lipinski definition) is 4. The van der Waals surface area contributed by atoms with Gasteiger partial charge in [0.25, 0.3) is 0 Å². The van der Waals surface area contributed by atoms with Gasteiger partial charge in [0.05, 0.1) is 11.9 Å². The number of rotatable bonds is 10. The van der Waals surface area contributed by atoms with E-state index >= 15 is 0 Å². The number of ether oxygens (including phenoxy) is 1. The monoisotopic (exact) mass is 409 g/mol. The molecule has 0 aliphatic heterocycles. The predicted octanol–water partition coefficient (Wildman–Crippen LogP) is 2.41. The maximum Gasteiger partial charge on any atom is 0.222 e. The molecule has 2 aromatic rings. The molecule has 0 saturated carbocycles. The van der Waals surface area contributed by atoms with Crippen LogP contribution in [0.4, 0.5) is 11.8 Å². The number of anilines is 2. The van der Waals surface area contributed by atoms with E-state index in [1.54, 1.807) is 20.0 Å². The first kappa shape index (κ1) is 23.8. The van der Waals surface area contributed by atoms with Crippen LogP contribution in [0, 0.1) is 13.8 Å². The molecule has 0 radical (unpaired) electrons. The molecule has 2 aromatic heterocycles. The topological polar surface area (TPSA) is 126 Å². The van der Waals surface area contributed by atoms with Crippen molar-refractivity contribution in [2.24, 2.45) is 0 Å². The first-order valence-electron chi connectivity index (χ1n) is 9.26. The standard InChI is InChI=1S/C19H29N5O3.H2S/c1-4-5-6-14(7-8-25)23-18-16(10-22-19(20)24-18)27-11-15-13(3)17(26)12(2)9-21-15;/h9-10,14,25H,4-8,11H2,1-3H3,(H,21,26)(H3,20,22,23,24);1H2/t14-;/m0./s1. The Kier molecular flexibility index (Phi) is 9.81. The molecule has 2 rings (SSSR count). The third-order valence-corrected chi connectivity index (χ3v) is 4.48. The third-order valence-electron chi connectivity index (χ3n) is 4.48. The van der Waals surface area contributed by atoms with Gasteiger partial charge in [-0.15, -0.1) is 0 Å². The van der Waals surface area contributed by atoms with Crippen molar-refractivity contribution in [3.05, 3.63) is 39.4 Å². The van der Waals surface area contributed by atoms with Crippen LogP contribution in [-0.2, 0) is 6.61 Å². The molecule has 2 heterocycles. The normalized spacial score (nSPS) is 11.6. The zero-order chi connectivity index (χ0) is 19.8. The Bertz CT molecular complexity index is 813. The minimum Gasteiger partial charge on any atom is -0.482 e. The van der Waals surface area contributed by atoms with Crippen LogP contribution >= 0.6 is 13.5 Å². The average Bonchev–Trinajstić information content (AvgIpc) is 2.65. The summed E-state index contributed by atoms with van der Waals surface area (Å²) in [6.07, 6.45) is 6.81. The number of aromatic nitrogens is 3. The number of aliphatic hydroxyl groups excluding tert-OH is 1. The average molecular weight is 410 g/mol. The van der Waals surface area contributed by atoms with Crippen molar-refractivity contribution in [3.8, 4) is 5.75 Å². The number of aromatic amines is 1. The number of nitrogen functional groups attached to an aromatic ring is 1. The number of unbranched alkanes of at least 4 members (excludes halogenated alkanes) is 1. The molecule has 9 heteroatoms. The van der Waals surface area contributed by atoms with Crippen LogP contribution in [0.15, 0.2) is 17.2 Å². The van der Waals surface area contributed by atoms with E-state index in [0.717, 1.165) is 19.3 Å². The summed E-state index contributed by atoms with van der Waals surface area (Å²) in [4.78, 5) is 23.4. The van der Waals surface area contributed by atoms with E-state index in [-0.39, 0.29) is 44.1 Å². The molecule has 0 aromatic carbocycles. The van der Waals surface area contributed by atoms with E-state index < -0.39 is 0 Å². The Balaban J connectivity index is 0.00000392. The van der Waals surface area contributed by atoms with Crippen molar-refractivity contribution in [3.63, 3.8) is 0 Å². The summed E-state index contributed by atoms with van der Waals surface area (Å²) in [5, 5.41) is 12.6. The van der Waals surface area contributed by atoms with Crippen LogP contribution in [0.5, 0.6) is 5.75 Å². The Morgan fingerprint density at radius 1 is 1.36 bits per heavy atom. The summed E-state index contributed by atoms with van der Waals surface area (Å²) >= 11 is 0. The predicted molar refractivity (Wildman–Crippen MR) is 116 cm³/mol. The highest BCUT2D eigenvalue weighted by atomic mass is 32.1. The summed E-state index contributed by atoms with van der Waals surface area (Å²) in [7, 11) is 0. The lowest BCUT2D eigenvalue weighted by atomic mass is 10.1. The van der Waals surface area contributed by atoms with Gasteiger partial charge in [-0.3, -0.25) is 4.79 Å². The summed E-state index contributed by atoms with van der Waals surface area (Å²) in [6.45, 7) is 5.93. The highest BCUT2D eigenvalue weighted by Gasteiger charge is 2.15. The Labute approximate surface area is 172 Å². The molecule has 0 saturated heterocycles. The van der Waals surface area contributed by atoms with Crippen LogP contribution in [-0.4, -0.2) is 32.7 Å². The zero-order valence-electron chi connectivity index (χ0n) is 16.7. The van der Waals surface area contributed by atoms with E-state index in [1.165, 1.54) is 6.20 Å². The van der Waals surface area contributed by atoms with Crippen molar-refractivity contribution in [2.75, 3.05) is 17.7 Å². The van der Waals surface area contributed by atoms with Crippen molar-refractivity contribution in [1.82, 2.24) is 15.0 Å². The Morgan fingerprint density at radius 3 is 2.79 bits per heavy atom. The molecule has 0 fully saturated rings. The number of pyridine rings is 1. The molecule has 0 aliphatic carbocycles. The molecule has 156 valence electrons. The minimum atomic E-state index is 0. The van der Waals surface area contributed by atoms with Gasteiger partial charge >= 0.3 is 0 Å². The Morgan fingerprint density at radius 2 is 2.11 bits per heavy atom. The first-order chi connectivity index (χ1) is 13.0. The second-order valence-electron chi connectivity index (χ2n) is 6.63. The molecule has 1 atom stereocenters. The molecule has 8 nitrogen and oxygen atoms in total. The molecular weight excluding hydrogens is 378 g/mol. The SMILES string of the molecule is CCCC[C@@H](CCO)Nc1nc(N)ncc1OCc1[nH]cc(C)c(=O)c1C.S. The maximum atomic E-state index is 12.1. The quantitative estimate of drug-likeness (QED) is 0.475. The number of hydrogen-bond acceptors (Lipinski definition) is 7. The fourth-order valence-corrected chi connectivity index (χ4v) is 2.78. The molecule has 0 unspecified atom stereocenters. The van der Waals surface area contributed by atoms with E-state index in [9.17, 15) is 9.90 Å². The van der Waals surface area contributed by atoms with Gasteiger partial charge < -0.3 is 25.9 Å². The van der Waals surface area contributed by atoms with Crippen LogP contribution in [0.3, 0.4) is 0 Å². The lowest BCUT2D eigenvalue weighted by Gasteiger charge is -2.20. The molecular formula is C19H31N5O3S. The first-order valence-corrected chi connectivity index (χ1v) is 9.26. The van der Waals surface area contributed by atoms with E-state index in [4.69, 9.17) is 10.5 Å². The number of nitrogens with zero attached hydrogens (tertiary/aromatic N) is 2. The van der Waals surface area contributed by atoms with Gasteiger partial charge in [0.2, 0.25) is 5.95 Å². The van der Waals surface area contributed by atoms with Crippen molar-refractivity contribution >= 4 is 25.3 Å². The van der Waals surface area contributed by atoms with Gasteiger partial charge in [-0.1, -0.05) is 19.8 Å². The summed E-state index contributed by atoms with van der Waals surface area (Å²) < 4.78 is 5.86. The largest absolute Gasteiger partial charge is 0.482 e. The number of aliphatic hydroxyl groups is 1. The van der Waals surface area contributed by atoms with Crippen LogP contribution < -0.4 is 21.2 Å². The van der Waals surface area contributed by atoms with Crippen LogP contribution in [0.1, 0.15) is 49.4 Å². The lowest BCUT2D eigenvalue weighted by Crippen LogP contribution is -2.22. The van der Waals surface area contributed by atoms with Gasteiger partial charge in [-0.25, -0.2) is 4.98 Å². The second kappa shape index (κ2) is 11.6. The van der Waals surface area contributed by atoms with Crippen molar-refractivity contribution in [1.29, 1.82) is 0 Å². The smallest absolute Gasteiger partial charge is 0.222 e. The molecule has 0 bridgehead atoms. The van der Waals surface area contributed by atoms with Crippen molar-refractivity contribution < 1.29 is 9.84 Å². The molecule has 5 N–H and O–H groups in total. The Hall–Kier alpha value is -2.26. The van der Waals surface area contributed by atoms with Gasteiger partial charge in [-0.05, 0) is 26.7 Å². The number of nitrogens with one attached hydrogen (secondary N) is 2. The maximum absolute atomic E-state index is 12.1. The van der Waals surface area contributed by atoms with E-state index in [0.29, 0.717) is 34.8 Å². The highest BCUT2D eigenvalue weighted by Crippen LogP contribution is 2.25. The zero-order valence-corrected chi connectivity index (χ0v) is 17.7.